The molecule has 0 radical (unpaired) electrons. The van der Waals surface area contributed by atoms with Crippen LogP contribution in [0, 0.1) is 0 Å². The summed E-state index contributed by atoms with van der Waals surface area (Å²) in [4.78, 5) is 22.3. The number of rotatable bonds is 9. The largest absolute Gasteiger partial charge is 0.361 e. The van der Waals surface area contributed by atoms with Gasteiger partial charge in [0.1, 0.15) is 0 Å². The number of aromatic amines is 1. The smallest absolute Gasteiger partial charge is 0.227 e. The average molecular weight is 458 g/mol. The molecule has 2 aromatic carbocycles. The Morgan fingerprint density at radius 3 is 2.50 bits per heavy atom. The number of carbonyl (C=O) groups is 1. The number of amides is 1. The van der Waals surface area contributed by atoms with Gasteiger partial charge < -0.3 is 9.88 Å². The summed E-state index contributed by atoms with van der Waals surface area (Å²) in [6.07, 6.45) is 5.74. The number of nitrogens with one attached hydrogen (secondary N) is 1. The van der Waals surface area contributed by atoms with Crippen molar-refractivity contribution in [3.05, 3.63) is 66.4 Å². The number of aromatic nitrogens is 5. The number of nitrogens with zero attached hydrogens (tertiary/aromatic N) is 6. The fraction of sp³-hybridized carbons (Fsp3) is 0.385. The van der Waals surface area contributed by atoms with E-state index in [4.69, 9.17) is 0 Å². The molecule has 34 heavy (non-hydrogen) atoms. The summed E-state index contributed by atoms with van der Waals surface area (Å²) in [5.74, 6) is 0.900. The summed E-state index contributed by atoms with van der Waals surface area (Å²) < 4.78 is 0. The van der Waals surface area contributed by atoms with Crippen LogP contribution in [0.3, 0.4) is 0 Å². The van der Waals surface area contributed by atoms with Crippen molar-refractivity contribution >= 4 is 16.8 Å². The van der Waals surface area contributed by atoms with Gasteiger partial charge in [0.2, 0.25) is 11.7 Å². The predicted molar refractivity (Wildman–Crippen MR) is 132 cm³/mol. The Bertz CT molecular complexity index is 1210. The summed E-state index contributed by atoms with van der Waals surface area (Å²) in [5, 5.41) is 14.0. The molecular weight excluding hydrogens is 426 g/mol. The van der Waals surface area contributed by atoms with Gasteiger partial charge in [0, 0.05) is 48.8 Å². The third-order valence-electron chi connectivity index (χ3n) is 6.56. The Hall–Kier alpha value is -3.52. The summed E-state index contributed by atoms with van der Waals surface area (Å²) >= 11 is 0. The minimum Gasteiger partial charge on any atom is -0.361 e. The first-order valence-electron chi connectivity index (χ1n) is 12.1. The number of hydrogen-bond acceptors (Lipinski definition) is 5. The molecule has 0 spiro atoms. The zero-order valence-corrected chi connectivity index (χ0v) is 19.4. The van der Waals surface area contributed by atoms with Gasteiger partial charge in [-0.05, 0) is 36.2 Å². The minimum absolute atomic E-state index is 0.222. The van der Waals surface area contributed by atoms with Crippen LogP contribution in [0.15, 0.2) is 60.8 Å². The van der Waals surface area contributed by atoms with E-state index >= 15 is 0 Å². The molecule has 4 aromatic rings. The van der Waals surface area contributed by atoms with Crippen molar-refractivity contribution in [2.75, 3.05) is 32.7 Å². The zero-order valence-electron chi connectivity index (χ0n) is 19.4. The maximum atomic E-state index is 12.8. The number of tetrazole rings is 1. The number of hydrogen-bond donors (Lipinski definition) is 1. The number of fused-ring (bicyclic) bond motifs is 1. The fourth-order valence-corrected chi connectivity index (χ4v) is 4.58. The van der Waals surface area contributed by atoms with E-state index in [0.717, 1.165) is 80.6 Å². The standard InChI is InChI=1S/C26H31N7O/c34-25(19-22-20-27-24-12-6-5-11-23(22)24)32-17-15-31(16-18-32)13-7-2-8-14-33-29-26(28-30-33)21-9-3-1-4-10-21/h1,3-6,9-12,20,27H,2,7-8,13-19H2. The SMILES string of the molecule is O=C(Cc1c[nH]c2ccccc12)N1CCN(CCCCCn2nnc(-c3ccccc3)n2)CC1. The van der Waals surface area contributed by atoms with E-state index in [1.54, 1.807) is 4.80 Å². The third kappa shape index (κ3) is 5.34. The van der Waals surface area contributed by atoms with Crippen molar-refractivity contribution in [2.24, 2.45) is 0 Å². The van der Waals surface area contributed by atoms with E-state index in [9.17, 15) is 4.79 Å². The molecule has 2 aromatic heterocycles. The van der Waals surface area contributed by atoms with Gasteiger partial charge in [-0.3, -0.25) is 9.69 Å². The second-order valence-electron chi connectivity index (χ2n) is 8.89. The van der Waals surface area contributed by atoms with Gasteiger partial charge >= 0.3 is 0 Å². The molecule has 1 aliphatic heterocycles. The Balaban J connectivity index is 0.990. The van der Waals surface area contributed by atoms with Gasteiger partial charge in [-0.1, -0.05) is 55.0 Å². The van der Waals surface area contributed by atoms with Gasteiger partial charge in [-0.15, -0.1) is 10.2 Å². The monoisotopic (exact) mass is 457 g/mol. The first-order valence-corrected chi connectivity index (χ1v) is 12.1. The van der Waals surface area contributed by atoms with Gasteiger partial charge in [-0.25, -0.2) is 0 Å². The molecule has 1 fully saturated rings. The summed E-state index contributed by atoms with van der Waals surface area (Å²) in [7, 11) is 0. The number of H-pyrrole nitrogens is 1. The molecule has 0 unspecified atom stereocenters. The second-order valence-corrected chi connectivity index (χ2v) is 8.89. The van der Waals surface area contributed by atoms with Crippen molar-refractivity contribution in [2.45, 2.75) is 32.2 Å². The molecule has 1 aliphatic rings. The Morgan fingerprint density at radius 1 is 0.882 bits per heavy atom. The van der Waals surface area contributed by atoms with Gasteiger partial charge in [0.05, 0.1) is 13.0 Å². The first-order chi connectivity index (χ1) is 16.8. The van der Waals surface area contributed by atoms with Gasteiger partial charge in [0.15, 0.2) is 0 Å². The molecule has 0 aliphatic carbocycles. The van der Waals surface area contributed by atoms with Crippen molar-refractivity contribution in [1.82, 2.24) is 35.0 Å². The highest BCUT2D eigenvalue weighted by atomic mass is 16.2. The van der Waals surface area contributed by atoms with E-state index in [2.05, 4.69) is 31.4 Å². The average Bonchev–Trinajstić information content (AvgIpc) is 3.52. The van der Waals surface area contributed by atoms with E-state index in [1.807, 2.05) is 59.6 Å². The Kier molecular flexibility index (Phi) is 6.95. The van der Waals surface area contributed by atoms with E-state index in [1.165, 1.54) is 0 Å². The minimum atomic E-state index is 0.222. The first kappa shape index (κ1) is 22.3. The molecule has 3 heterocycles. The van der Waals surface area contributed by atoms with Gasteiger partial charge in [0.25, 0.3) is 0 Å². The van der Waals surface area contributed by atoms with Gasteiger partial charge in [-0.2, -0.15) is 4.80 Å². The van der Waals surface area contributed by atoms with E-state index in [-0.39, 0.29) is 5.91 Å². The third-order valence-corrected chi connectivity index (χ3v) is 6.56. The molecule has 8 heteroatoms. The van der Waals surface area contributed by atoms with Crippen LogP contribution >= 0.6 is 0 Å². The predicted octanol–water partition coefficient (Wildman–Crippen LogP) is 3.38. The molecule has 0 saturated carbocycles. The molecular formula is C26H31N7O. The second kappa shape index (κ2) is 10.6. The highest BCUT2D eigenvalue weighted by Gasteiger charge is 2.21. The Labute approximate surface area is 199 Å². The Morgan fingerprint density at radius 2 is 1.65 bits per heavy atom. The summed E-state index contributed by atoms with van der Waals surface area (Å²) in [5.41, 5.74) is 3.17. The maximum absolute atomic E-state index is 12.8. The highest BCUT2D eigenvalue weighted by molar-refractivity contribution is 5.88. The van der Waals surface area contributed by atoms with Crippen molar-refractivity contribution in [3.8, 4) is 11.4 Å². The molecule has 1 N–H and O–H groups in total. The van der Waals surface area contributed by atoms with Crippen LogP contribution in [0.1, 0.15) is 24.8 Å². The van der Waals surface area contributed by atoms with Crippen LogP contribution < -0.4 is 0 Å². The van der Waals surface area contributed by atoms with Crippen molar-refractivity contribution in [1.29, 1.82) is 0 Å². The normalized spacial score (nSPS) is 14.6. The molecule has 1 saturated heterocycles. The fourth-order valence-electron chi connectivity index (χ4n) is 4.58. The number of unbranched alkanes of at least 4 members (excludes halogenated alkanes) is 2. The lowest BCUT2D eigenvalue weighted by atomic mass is 10.1. The molecule has 176 valence electrons. The molecule has 0 bridgehead atoms. The number of para-hydroxylation sites is 1. The molecule has 1 amide bonds. The summed E-state index contributed by atoms with van der Waals surface area (Å²) in [6, 6.07) is 18.1. The van der Waals surface area contributed by atoms with Crippen LogP contribution in [-0.2, 0) is 17.8 Å². The van der Waals surface area contributed by atoms with Crippen LogP contribution in [0.2, 0.25) is 0 Å². The lowest BCUT2D eigenvalue weighted by Gasteiger charge is -2.34. The number of aryl methyl sites for hydroxylation is 1. The number of carbonyl (C=O) groups excluding carboxylic acids is 1. The van der Waals surface area contributed by atoms with E-state index < -0.39 is 0 Å². The maximum Gasteiger partial charge on any atom is 0.227 e. The van der Waals surface area contributed by atoms with Crippen LogP contribution in [-0.4, -0.2) is 73.6 Å². The summed E-state index contributed by atoms with van der Waals surface area (Å²) in [6.45, 7) is 5.38. The van der Waals surface area contributed by atoms with Crippen LogP contribution in [0.4, 0.5) is 0 Å². The molecule has 8 nitrogen and oxygen atoms in total. The number of piperazine rings is 1. The van der Waals surface area contributed by atoms with E-state index in [0.29, 0.717) is 12.2 Å². The van der Waals surface area contributed by atoms with Crippen LogP contribution in [0.5, 0.6) is 0 Å². The topological polar surface area (TPSA) is 82.9 Å². The van der Waals surface area contributed by atoms with Crippen molar-refractivity contribution < 1.29 is 4.79 Å². The van der Waals surface area contributed by atoms with Crippen LogP contribution in [0.25, 0.3) is 22.3 Å². The highest BCUT2D eigenvalue weighted by Crippen LogP contribution is 2.19. The lowest BCUT2D eigenvalue weighted by molar-refractivity contribution is -0.132. The molecule has 0 atom stereocenters. The molecule has 5 rings (SSSR count). The zero-order chi connectivity index (χ0) is 23.2. The lowest BCUT2D eigenvalue weighted by Crippen LogP contribution is -2.49. The quantitative estimate of drug-likeness (QED) is 0.390. The van der Waals surface area contributed by atoms with Crippen molar-refractivity contribution in [3.63, 3.8) is 0 Å². The number of benzene rings is 2.